The number of carboxylic acids is 1. The fourth-order valence-electron chi connectivity index (χ4n) is 4.49. The Morgan fingerprint density at radius 1 is 1.00 bits per heavy atom. The van der Waals surface area contributed by atoms with Gasteiger partial charge in [0, 0.05) is 21.2 Å². The molecule has 1 saturated carbocycles. The number of Topliss-reactive ketones (excluding diaryl/α,β-unsaturated/α-hetero) is 1. The summed E-state index contributed by atoms with van der Waals surface area (Å²) in [7, 11) is 0. The normalized spacial score (nSPS) is 20.1. The average molecular weight is 459 g/mol. The number of ketones is 1. The van der Waals surface area contributed by atoms with Crippen molar-refractivity contribution >= 4 is 40.5 Å². The highest BCUT2D eigenvalue weighted by Gasteiger charge is 2.49. The molecule has 0 aromatic heterocycles. The lowest BCUT2D eigenvalue weighted by Gasteiger charge is -2.42. The first-order chi connectivity index (χ1) is 14.4. The van der Waals surface area contributed by atoms with Crippen LogP contribution in [-0.4, -0.2) is 28.1 Å². The number of rotatable bonds is 4. The largest absolute Gasteiger partial charge is 0.478 e. The van der Waals surface area contributed by atoms with E-state index in [1.165, 1.54) is 0 Å². The summed E-state index contributed by atoms with van der Waals surface area (Å²) in [6.07, 6.45) is 2.03. The summed E-state index contributed by atoms with van der Waals surface area (Å²) < 4.78 is 5.94. The molecule has 1 fully saturated rings. The number of ether oxygens (including phenoxy) is 1. The molecule has 1 heterocycles. The van der Waals surface area contributed by atoms with Crippen LogP contribution in [0.25, 0.3) is 16.7 Å². The number of carboxylic acid groups (broad SMARTS) is 1. The molecule has 0 unspecified atom stereocenters. The van der Waals surface area contributed by atoms with E-state index in [2.05, 4.69) is 0 Å². The number of hydrogen-bond acceptors (Lipinski definition) is 3. The second-order valence-electron chi connectivity index (χ2n) is 9.21. The summed E-state index contributed by atoms with van der Waals surface area (Å²) in [6.45, 7) is 6.77. The third-order valence-corrected chi connectivity index (χ3v) is 6.48. The maximum atomic E-state index is 13.5. The molecule has 2 aromatic rings. The van der Waals surface area contributed by atoms with Crippen LogP contribution >= 0.6 is 23.2 Å². The Labute approximate surface area is 191 Å². The van der Waals surface area contributed by atoms with Crippen molar-refractivity contribution in [3.05, 3.63) is 63.1 Å². The van der Waals surface area contributed by atoms with E-state index in [9.17, 15) is 14.7 Å². The summed E-state index contributed by atoms with van der Waals surface area (Å²) in [6, 6.07) is 11.1. The minimum atomic E-state index is -1.15. The smallest absolute Gasteiger partial charge is 0.335 e. The minimum Gasteiger partial charge on any atom is -0.478 e. The topological polar surface area (TPSA) is 63.6 Å². The number of halogens is 2. The van der Waals surface area contributed by atoms with Crippen LogP contribution in [0.5, 0.6) is 0 Å². The van der Waals surface area contributed by atoms with Gasteiger partial charge in [0.05, 0.1) is 11.2 Å². The van der Waals surface area contributed by atoms with Crippen molar-refractivity contribution in [2.45, 2.75) is 57.7 Å². The van der Waals surface area contributed by atoms with Crippen molar-refractivity contribution in [1.29, 1.82) is 0 Å². The summed E-state index contributed by atoms with van der Waals surface area (Å²) in [4.78, 5) is 25.8. The standard InChI is InChI=1S/C25H24Cl2O4/c1-24(2)21(23(29)30)20(22(28)25(3,4)31-24)18-11-14(7-9-16(18)13-5-6-13)17-10-8-15(26)12-19(17)27/h7-13H,5-6H2,1-4H3,(H,29,30). The Balaban J connectivity index is 2.02. The van der Waals surface area contributed by atoms with Crippen molar-refractivity contribution in [2.24, 2.45) is 0 Å². The predicted molar refractivity (Wildman–Crippen MR) is 123 cm³/mol. The Hall–Kier alpha value is -2.14. The number of carbonyl (C=O) groups is 2. The first-order valence-corrected chi connectivity index (χ1v) is 11.0. The van der Waals surface area contributed by atoms with Crippen LogP contribution in [0.1, 0.15) is 57.6 Å². The van der Waals surface area contributed by atoms with Crippen LogP contribution in [0, 0.1) is 0 Å². The highest BCUT2D eigenvalue weighted by Crippen LogP contribution is 2.48. The minimum absolute atomic E-state index is 0.0157. The third-order valence-electron chi connectivity index (χ3n) is 5.93. The van der Waals surface area contributed by atoms with Gasteiger partial charge in [-0.25, -0.2) is 4.79 Å². The second-order valence-corrected chi connectivity index (χ2v) is 10.1. The number of hydrogen-bond donors (Lipinski definition) is 1. The monoisotopic (exact) mass is 458 g/mol. The van der Waals surface area contributed by atoms with Crippen molar-refractivity contribution in [1.82, 2.24) is 0 Å². The SMILES string of the molecule is CC1(C)OC(C)(C)C(C(=O)O)=C(c2cc(-c3ccc(Cl)cc3Cl)ccc2C2CC2)C1=O. The van der Waals surface area contributed by atoms with E-state index in [0.29, 0.717) is 21.5 Å². The van der Waals surface area contributed by atoms with E-state index >= 15 is 0 Å². The van der Waals surface area contributed by atoms with Crippen LogP contribution in [0.3, 0.4) is 0 Å². The van der Waals surface area contributed by atoms with Gasteiger partial charge in [-0.3, -0.25) is 4.79 Å². The number of carbonyl (C=O) groups excluding carboxylic acids is 1. The molecule has 0 atom stereocenters. The molecule has 1 aliphatic heterocycles. The lowest BCUT2D eigenvalue weighted by Crippen LogP contribution is -2.51. The fraction of sp³-hybridized carbons (Fsp3) is 0.360. The Kier molecular flexibility index (Phi) is 5.32. The molecule has 0 radical (unpaired) electrons. The van der Waals surface area contributed by atoms with Crippen LogP contribution in [0.4, 0.5) is 0 Å². The van der Waals surface area contributed by atoms with E-state index in [0.717, 1.165) is 29.5 Å². The highest BCUT2D eigenvalue weighted by atomic mass is 35.5. The van der Waals surface area contributed by atoms with Gasteiger partial charge in [-0.05, 0) is 81.3 Å². The van der Waals surface area contributed by atoms with E-state index in [1.807, 2.05) is 24.3 Å². The van der Waals surface area contributed by atoms with Gasteiger partial charge in [-0.1, -0.05) is 41.4 Å². The van der Waals surface area contributed by atoms with Gasteiger partial charge in [0.2, 0.25) is 0 Å². The Morgan fingerprint density at radius 3 is 2.26 bits per heavy atom. The van der Waals surface area contributed by atoms with Gasteiger partial charge >= 0.3 is 5.97 Å². The predicted octanol–water partition coefficient (Wildman–Crippen LogP) is 6.53. The fourth-order valence-corrected chi connectivity index (χ4v) is 5.00. The zero-order chi connectivity index (χ0) is 22.7. The molecular formula is C25H24Cl2O4. The number of aliphatic carboxylic acids is 1. The molecule has 31 heavy (non-hydrogen) atoms. The summed E-state index contributed by atoms with van der Waals surface area (Å²) in [5.41, 5.74) is 1.14. The Bertz CT molecular complexity index is 1140. The molecule has 1 N–H and O–H groups in total. The van der Waals surface area contributed by atoms with Crippen LogP contribution in [-0.2, 0) is 14.3 Å². The zero-order valence-corrected chi connectivity index (χ0v) is 19.4. The van der Waals surface area contributed by atoms with Gasteiger partial charge in [0.15, 0.2) is 5.78 Å². The third kappa shape index (κ3) is 3.93. The first kappa shape index (κ1) is 22.1. The van der Waals surface area contributed by atoms with Gasteiger partial charge in [0.1, 0.15) is 5.60 Å². The molecule has 0 saturated heterocycles. The van der Waals surface area contributed by atoms with Crippen LogP contribution < -0.4 is 0 Å². The van der Waals surface area contributed by atoms with Crippen LogP contribution in [0.15, 0.2) is 42.0 Å². The zero-order valence-electron chi connectivity index (χ0n) is 17.9. The van der Waals surface area contributed by atoms with E-state index in [-0.39, 0.29) is 16.9 Å². The molecule has 0 spiro atoms. The maximum Gasteiger partial charge on any atom is 0.335 e. The average Bonchev–Trinajstić information content (AvgIpc) is 3.48. The summed E-state index contributed by atoms with van der Waals surface area (Å²) in [5, 5.41) is 11.1. The van der Waals surface area contributed by atoms with Gasteiger partial charge in [-0.15, -0.1) is 0 Å². The van der Waals surface area contributed by atoms with Gasteiger partial charge in [0.25, 0.3) is 0 Å². The molecule has 2 aliphatic rings. The quantitative estimate of drug-likeness (QED) is 0.565. The van der Waals surface area contributed by atoms with Crippen molar-refractivity contribution in [3.8, 4) is 11.1 Å². The molecule has 2 aromatic carbocycles. The van der Waals surface area contributed by atoms with Crippen molar-refractivity contribution in [3.63, 3.8) is 0 Å². The van der Waals surface area contributed by atoms with E-state index in [1.54, 1.807) is 39.8 Å². The number of benzene rings is 2. The Morgan fingerprint density at radius 2 is 1.68 bits per heavy atom. The molecule has 1 aliphatic carbocycles. The molecule has 4 nitrogen and oxygen atoms in total. The lowest BCUT2D eigenvalue weighted by atomic mass is 9.77. The van der Waals surface area contributed by atoms with Crippen LogP contribution in [0.2, 0.25) is 10.0 Å². The first-order valence-electron chi connectivity index (χ1n) is 10.2. The van der Waals surface area contributed by atoms with E-state index < -0.39 is 17.2 Å². The molecular weight excluding hydrogens is 435 g/mol. The van der Waals surface area contributed by atoms with Gasteiger partial charge in [-0.2, -0.15) is 0 Å². The summed E-state index contributed by atoms with van der Waals surface area (Å²) in [5.74, 6) is -1.17. The van der Waals surface area contributed by atoms with Crippen molar-refractivity contribution in [2.75, 3.05) is 0 Å². The molecule has 6 heteroatoms. The molecule has 4 rings (SSSR count). The molecule has 162 valence electrons. The lowest BCUT2D eigenvalue weighted by molar-refractivity contribution is -0.158. The molecule has 0 amide bonds. The summed E-state index contributed by atoms with van der Waals surface area (Å²) >= 11 is 12.5. The second kappa shape index (κ2) is 7.47. The van der Waals surface area contributed by atoms with E-state index in [4.69, 9.17) is 27.9 Å². The van der Waals surface area contributed by atoms with Gasteiger partial charge < -0.3 is 9.84 Å². The molecule has 0 bridgehead atoms. The highest BCUT2D eigenvalue weighted by molar-refractivity contribution is 6.36. The van der Waals surface area contributed by atoms with Crippen molar-refractivity contribution < 1.29 is 19.4 Å². The maximum absolute atomic E-state index is 13.5.